The van der Waals surface area contributed by atoms with Crippen molar-refractivity contribution in [1.82, 2.24) is 0 Å². The number of ketones is 1. The van der Waals surface area contributed by atoms with Crippen molar-refractivity contribution in [2.45, 2.75) is 90.3 Å². The number of Topliss-reactive ketones (excluding diaryl/α,β-unsaturated/α-hetero) is 1. The van der Waals surface area contributed by atoms with Crippen LogP contribution >= 0.6 is 0 Å². The van der Waals surface area contributed by atoms with Gasteiger partial charge in [0.05, 0.1) is 0 Å². The van der Waals surface area contributed by atoms with Gasteiger partial charge in [-0.15, -0.1) is 0 Å². The average molecular weight is 282 g/mol. The number of unbranched alkanes of at least 4 members (excludes halogenated alkanes) is 5. The van der Waals surface area contributed by atoms with Gasteiger partial charge in [-0.1, -0.05) is 52.4 Å². The molecule has 0 aromatic carbocycles. The highest BCUT2D eigenvalue weighted by atomic mass is 17.2. The maximum Gasteiger partial charge on any atom is 0.138 e. The van der Waals surface area contributed by atoms with E-state index in [1.54, 1.807) is 0 Å². The highest BCUT2D eigenvalue weighted by Gasteiger charge is 2.49. The van der Waals surface area contributed by atoms with Crippen molar-refractivity contribution < 1.29 is 14.6 Å². The molecule has 2 rings (SSSR count). The molecule has 1 heterocycles. The second-order valence-electron chi connectivity index (χ2n) is 6.94. The predicted octanol–water partition coefficient (Wildman–Crippen LogP) is 4.44. The van der Waals surface area contributed by atoms with E-state index in [2.05, 4.69) is 13.8 Å². The Kier molecular flexibility index (Phi) is 5.62. The summed E-state index contributed by atoms with van der Waals surface area (Å²) >= 11 is 0. The average Bonchev–Trinajstić information content (AvgIpc) is 2.43. The highest BCUT2D eigenvalue weighted by Crippen LogP contribution is 2.44. The standard InChI is InChI=1S/C17H30O3/c1-4-5-6-7-8-9-10-17(3)14-11-15(18)13(2)16(12-14)19-20-17/h13-14,16H,4-12H2,1-3H3. The van der Waals surface area contributed by atoms with Gasteiger partial charge in [-0.2, -0.15) is 0 Å². The van der Waals surface area contributed by atoms with Crippen LogP contribution in [0.2, 0.25) is 0 Å². The molecule has 1 saturated carbocycles. The summed E-state index contributed by atoms with van der Waals surface area (Å²) in [6.45, 7) is 6.33. The van der Waals surface area contributed by atoms with Crippen molar-refractivity contribution >= 4 is 5.78 Å². The number of fused-ring (bicyclic) bond motifs is 2. The number of carbonyl (C=O) groups is 1. The van der Waals surface area contributed by atoms with Gasteiger partial charge in [-0.25, -0.2) is 9.78 Å². The number of hydrogen-bond donors (Lipinski definition) is 0. The van der Waals surface area contributed by atoms with Gasteiger partial charge in [0.15, 0.2) is 0 Å². The highest BCUT2D eigenvalue weighted by molar-refractivity contribution is 5.82. The Bertz CT molecular complexity index is 328. The van der Waals surface area contributed by atoms with Crippen LogP contribution in [0.15, 0.2) is 0 Å². The largest absolute Gasteiger partial charge is 0.299 e. The Balaban J connectivity index is 1.77. The molecular weight excluding hydrogens is 252 g/mol. The first kappa shape index (κ1) is 16.0. The van der Waals surface area contributed by atoms with Gasteiger partial charge in [0.25, 0.3) is 0 Å². The molecule has 1 saturated heterocycles. The van der Waals surface area contributed by atoms with Crippen molar-refractivity contribution in [3.8, 4) is 0 Å². The topological polar surface area (TPSA) is 35.5 Å². The molecule has 116 valence electrons. The van der Waals surface area contributed by atoms with E-state index in [-0.39, 0.29) is 17.6 Å². The molecule has 0 radical (unpaired) electrons. The Labute approximate surface area is 123 Å². The van der Waals surface area contributed by atoms with Crippen LogP contribution in [0.5, 0.6) is 0 Å². The monoisotopic (exact) mass is 282 g/mol. The molecule has 0 amide bonds. The summed E-state index contributed by atoms with van der Waals surface area (Å²) in [6.07, 6.45) is 10.4. The van der Waals surface area contributed by atoms with E-state index in [0.717, 1.165) is 12.8 Å². The van der Waals surface area contributed by atoms with Gasteiger partial charge in [-0.3, -0.25) is 4.79 Å². The van der Waals surface area contributed by atoms with Crippen LogP contribution in [-0.2, 0) is 14.6 Å². The second kappa shape index (κ2) is 7.04. The number of hydrogen-bond acceptors (Lipinski definition) is 3. The summed E-state index contributed by atoms with van der Waals surface area (Å²) in [7, 11) is 0. The maximum atomic E-state index is 12.0. The summed E-state index contributed by atoms with van der Waals surface area (Å²) in [6, 6.07) is 0. The minimum atomic E-state index is -0.253. The van der Waals surface area contributed by atoms with Crippen molar-refractivity contribution in [1.29, 1.82) is 0 Å². The Morgan fingerprint density at radius 3 is 2.65 bits per heavy atom. The predicted molar refractivity (Wildman–Crippen MR) is 79.3 cm³/mol. The summed E-state index contributed by atoms with van der Waals surface area (Å²) in [4.78, 5) is 23.3. The van der Waals surface area contributed by atoms with Gasteiger partial charge in [0.2, 0.25) is 0 Å². The first-order valence-electron chi connectivity index (χ1n) is 8.44. The second-order valence-corrected chi connectivity index (χ2v) is 6.94. The van der Waals surface area contributed by atoms with E-state index in [0.29, 0.717) is 18.1 Å². The molecule has 4 unspecified atom stereocenters. The molecule has 3 nitrogen and oxygen atoms in total. The third-order valence-electron chi connectivity index (χ3n) is 5.28. The fraction of sp³-hybridized carbons (Fsp3) is 0.941. The molecule has 0 aromatic rings. The molecule has 4 atom stereocenters. The van der Waals surface area contributed by atoms with E-state index < -0.39 is 0 Å². The SMILES string of the molecule is CCCCCCCCC1(C)OOC2CC1CC(=O)C2C. The molecule has 0 spiro atoms. The van der Waals surface area contributed by atoms with E-state index in [4.69, 9.17) is 9.78 Å². The van der Waals surface area contributed by atoms with Gasteiger partial charge in [0, 0.05) is 18.3 Å². The first-order valence-corrected chi connectivity index (χ1v) is 8.44. The number of rotatable bonds is 7. The maximum absolute atomic E-state index is 12.0. The Morgan fingerprint density at radius 2 is 1.90 bits per heavy atom. The minimum absolute atomic E-state index is 0.00449. The van der Waals surface area contributed by atoms with E-state index in [1.165, 1.54) is 38.5 Å². The zero-order valence-electron chi connectivity index (χ0n) is 13.3. The van der Waals surface area contributed by atoms with Crippen molar-refractivity contribution in [2.24, 2.45) is 11.8 Å². The van der Waals surface area contributed by atoms with Crippen LogP contribution < -0.4 is 0 Å². The fourth-order valence-electron chi connectivity index (χ4n) is 3.53. The van der Waals surface area contributed by atoms with Crippen molar-refractivity contribution in [3.05, 3.63) is 0 Å². The molecule has 3 heteroatoms. The quantitative estimate of drug-likeness (QED) is 0.511. The zero-order chi connectivity index (χ0) is 14.6. The van der Waals surface area contributed by atoms with Crippen LogP contribution in [0.4, 0.5) is 0 Å². The molecule has 2 aliphatic rings. The van der Waals surface area contributed by atoms with Crippen LogP contribution in [0.3, 0.4) is 0 Å². The van der Waals surface area contributed by atoms with Crippen LogP contribution in [0.1, 0.15) is 78.6 Å². The molecule has 2 fully saturated rings. The fourth-order valence-corrected chi connectivity index (χ4v) is 3.53. The first-order chi connectivity index (χ1) is 9.57. The lowest BCUT2D eigenvalue weighted by Gasteiger charge is -2.47. The van der Waals surface area contributed by atoms with Crippen molar-refractivity contribution in [2.75, 3.05) is 0 Å². The third kappa shape index (κ3) is 3.62. The normalized spacial score (nSPS) is 37.1. The Hall–Kier alpha value is -0.410. The Morgan fingerprint density at radius 1 is 1.20 bits per heavy atom. The van der Waals surface area contributed by atoms with Gasteiger partial charge in [-0.05, 0) is 19.8 Å². The lowest BCUT2D eigenvalue weighted by atomic mass is 9.70. The van der Waals surface area contributed by atoms with Crippen LogP contribution in [0.25, 0.3) is 0 Å². The lowest BCUT2D eigenvalue weighted by molar-refractivity contribution is -0.429. The summed E-state index contributed by atoms with van der Waals surface area (Å²) in [5.74, 6) is 0.703. The van der Waals surface area contributed by atoms with Crippen LogP contribution in [0, 0.1) is 11.8 Å². The third-order valence-corrected chi connectivity index (χ3v) is 5.28. The van der Waals surface area contributed by atoms with E-state index in [9.17, 15) is 4.79 Å². The molecule has 0 aromatic heterocycles. The molecule has 0 N–H and O–H groups in total. The summed E-state index contributed by atoms with van der Waals surface area (Å²) in [5, 5.41) is 0. The molecule has 1 aliphatic heterocycles. The molecule has 1 aliphatic carbocycles. The summed E-state index contributed by atoms with van der Waals surface area (Å²) in [5.41, 5.74) is -0.253. The lowest BCUT2D eigenvalue weighted by Crippen LogP contribution is -2.52. The molecular formula is C17H30O3. The molecule has 2 bridgehead atoms. The molecule has 20 heavy (non-hydrogen) atoms. The summed E-state index contributed by atoms with van der Waals surface area (Å²) < 4.78 is 0. The number of carbonyl (C=O) groups excluding carboxylic acids is 1. The van der Waals surface area contributed by atoms with Crippen LogP contribution in [-0.4, -0.2) is 17.5 Å². The smallest absolute Gasteiger partial charge is 0.138 e. The van der Waals surface area contributed by atoms with E-state index >= 15 is 0 Å². The van der Waals surface area contributed by atoms with E-state index in [1.807, 2.05) is 6.92 Å². The van der Waals surface area contributed by atoms with Crippen molar-refractivity contribution in [3.63, 3.8) is 0 Å². The van der Waals surface area contributed by atoms with Gasteiger partial charge in [0.1, 0.15) is 17.5 Å². The minimum Gasteiger partial charge on any atom is -0.299 e. The van der Waals surface area contributed by atoms with Gasteiger partial charge < -0.3 is 0 Å². The van der Waals surface area contributed by atoms with Gasteiger partial charge >= 0.3 is 0 Å². The zero-order valence-corrected chi connectivity index (χ0v) is 13.3.